The molecule has 0 bridgehead atoms. The molecule has 3 aromatic rings. The quantitative estimate of drug-likeness (QED) is 0.603. The van der Waals surface area contributed by atoms with Gasteiger partial charge in [-0.1, -0.05) is 18.2 Å². The van der Waals surface area contributed by atoms with Crippen LogP contribution in [-0.4, -0.2) is 58.5 Å². The van der Waals surface area contributed by atoms with Gasteiger partial charge in [0, 0.05) is 36.5 Å². The zero-order valence-corrected chi connectivity index (χ0v) is 18.7. The molecule has 9 heteroatoms. The smallest absolute Gasteiger partial charge is 0.258 e. The van der Waals surface area contributed by atoms with Crippen molar-refractivity contribution in [2.45, 2.75) is 44.6 Å². The average Bonchev–Trinajstić information content (AvgIpc) is 3.09. The lowest BCUT2D eigenvalue weighted by atomic mass is 9.99. The van der Waals surface area contributed by atoms with Crippen LogP contribution in [0.3, 0.4) is 0 Å². The molecule has 0 radical (unpaired) electrons. The molecule has 2 aromatic heterocycles. The molecule has 8 nitrogen and oxygen atoms in total. The first-order chi connectivity index (χ1) is 14.7. The van der Waals surface area contributed by atoms with Gasteiger partial charge in [0.05, 0.1) is 18.0 Å². The van der Waals surface area contributed by atoms with Gasteiger partial charge < -0.3 is 14.0 Å². The molecule has 3 heterocycles. The molecule has 1 aliphatic rings. The summed E-state index contributed by atoms with van der Waals surface area (Å²) in [5.74, 6) is 0.102. The Hall–Kier alpha value is -2.94. The second-order valence-electron chi connectivity index (χ2n) is 8.20. The highest BCUT2D eigenvalue weighted by Crippen LogP contribution is 2.26. The minimum absolute atomic E-state index is 0.0241. The molecule has 1 saturated heterocycles. The summed E-state index contributed by atoms with van der Waals surface area (Å²) in [5, 5.41) is 0. The Labute approximate surface area is 181 Å². The number of fused-ring (bicyclic) bond motifs is 1. The van der Waals surface area contributed by atoms with Gasteiger partial charge in [-0.25, -0.2) is 18.4 Å². The van der Waals surface area contributed by atoms with Gasteiger partial charge in [0.15, 0.2) is 9.84 Å². The van der Waals surface area contributed by atoms with Gasteiger partial charge in [0.2, 0.25) is 5.65 Å². The average molecular weight is 443 g/mol. The van der Waals surface area contributed by atoms with Crippen molar-refractivity contribution in [3.8, 4) is 5.88 Å². The summed E-state index contributed by atoms with van der Waals surface area (Å²) < 4.78 is 31.7. The lowest BCUT2D eigenvalue weighted by Gasteiger charge is -2.38. The molecule has 1 amide bonds. The van der Waals surface area contributed by atoms with Crippen molar-refractivity contribution in [1.29, 1.82) is 0 Å². The topological polar surface area (TPSA) is 93.9 Å². The summed E-state index contributed by atoms with van der Waals surface area (Å²) in [6, 6.07) is 6.92. The number of amides is 1. The predicted octanol–water partition coefficient (Wildman–Crippen LogP) is 2.65. The number of aryl methyl sites for hydroxylation is 1. The van der Waals surface area contributed by atoms with Crippen LogP contribution in [0.1, 0.15) is 41.4 Å². The van der Waals surface area contributed by atoms with E-state index in [0.29, 0.717) is 29.2 Å². The van der Waals surface area contributed by atoms with E-state index in [2.05, 4.69) is 9.97 Å². The van der Waals surface area contributed by atoms with Crippen LogP contribution in [0.2, 0.25) is 0 Å². The zero-order valence-electron chi connectivity index (χ0n) is 17.9. The van der Waals surface area contributed by atoms with E-state index >= 15 is 0 Å². The number of likely N-dealkylation sites (tertiary alicyclic amines) is 1. The molecule has 1 aliphatic heterocycles. The number of sulfone groups is 1. The monoisotopic (exact) mass is 442 g/mol. The van der Waals surface area contributed by atoms with Crippen molar-refractivity contribution in [1.82, 2.24) is 19.3 Å². The van der Waals surface area contributed by atoms with Crippen LogP contribution in [-0.2, 0) is 15.6 Å². The van der Waals surface area contributed by atoms with Crippen LogP contribution >= 0.6 is 0 Å². The molecule has 2 atom stereocenters. The predicted molar refractivity (Wildman–Crippen MR) is 117 cm³/mol. The van der Waals surface area contributed by atoms with Crippen molar-refractivity contribution in [2.75, 3.05) is 12.8 Å². The lowest BCUT2D eigenvalue weighted by Crippen LogP contribution is -2.49. The number of hydrogen-bond donors (Lipinski definition) is 0. The molecule has 0 aliphatic carbocycles. The first-order valence-electron chi connectivity index (χ1n) is 10.2. The number of carbonyl (C=O) groups is 1. The number of piperidine rings is 1. The van der Waals surface area contributed by atoms with Crippen LogP contribution in [0, 0.1) is 6.92 Å². The van der Waals surface area contributed by atoms with Crippen LogP contribution in [0.4, 0.5) is 0 Å². The Bertz CT molecular complexity index is 1220. The Morgan fingerprint density at radius 1 is 1.26 bits per heavy atom. The number of benzene rings is 1. The minimum Gasteiger partial charge on any atom is -0.470 e. The maximum Gasteiger partial charge on any atom is 0.258 e. The molecule has 164 valence electrons. The van der Waals surface area contributed by atoms with Crippen molar-refractivity contribution >= 4 is 21.4 Å². The minimum atomic E-state index is -3.26. The van der Waals surface area contributed by atoms with Gasteiger partial charge in [-0.05, 0) is 38.3 Å². The molecule has 4 rings (SSSR count). The van der Waals surface area contributed by atoms with E-state index in [1.165, 1.54) is 6.26 Å². The molecule has 1 aromatic carbocycles. The number of imidazole rings is 1. The molecule has 1 fully saturated rings. The van der Waals surface area contributed by atoms with Crippen molar-refractivity contribution in [3.63, 3.8) is 0 Å². The van der Waals surface area contributed by atoms with Crippen molar-refractivity contribution < 1.29 is 17.9 Å². The van der Waals surface area contributed by atoms with E-state index in [-0.39, 0.29) is 23.8 Å². The molecule has 0 saturated carbocycles. The highest BCUT2D eigenvalue weighted by Gasteiger charge is 2.32. The van der Waals surface area contributed by atoms with Crippen LogP contribution in [0.15, 0.2) is 42.9 Å². The van der Waals surface area contributed by atoms with E-state index in [1.807, 2.05) is 30.6 Å². The summed E-state index contributed by atoms with van der Waals surface area (Å²) >= 11 is 0. The number of carbonyl (C=O) groups excluding carboxylic acids is 1. The van der Waals surface area contributed by atoms with E-state index in [0.717, 1.165) is 18.5 Å². The fourth-order valence-corrected chi connectivity index (χ4v) is 4.82. The van der Waals surface area contributed by atoms with Gasteiger partial charge >= 0.3 is 0 Å². The second kappa shape index (κ2) is 8.30. The van der Waals surface area contributed by atoms with Crippen LogP contribution < -0.4 is 4.74 Å². The Balaban J connectivity index is 1.56. The normalized spacial score (nSPS) is 19.5. The summed E-state index contributed by atoms with van der Waals surface area (Å²) in [6.45, 7) is 4.31. The maximum atomic E-state index is 13.4. The van der Waals surface area contributed by atoms with E-state index in [1.54, 1.807) is 35.4 Å². The zero-order chi connectivity index (χ0) is 22.2. The number of rotatable bonds is 5. The van der Waals surface area contributed by atoms with Gasteiger partial charge in [-0.3, -0.25) is 4.79 Å². The van der Waals surface area contributed by atoms with E-state index < -0.39 is 9.84 Å². The highest BCUT2D eigenvalue weighted by atomic mass is 32.2. The number of ether oxygens (including phenoxy) is 1. The standard InChI is InChI=1S/C22H26N4O4S/c1-15-12-25-11-10-23-21(20(25)24-15)30-18-9-8-16(2)26(13-18)22(27)19-7-5-4-6-17(19)14-31(3,28)29/h4-7,10-12,16,18H,8-9,13-14H2,1-3H3/t16-,18-/m1/s1. The molecular formula is C22H26N4O4S. The summed E-state index contributed by atoms with van der Waals surface area (Å²) in [5.41, 5.74) is 2.46. The maximum absolute atomic E-state index is 13.4. The van der Waals surface area contributed by atoms with Crippen molar-refractivity contribution in [3.05, 3.63) is 59.7 Å². The van der Waals surface area contributed by atoms with Gasteiger partial charge in [-0.15, -0.1) is 0 Å². The third-order valence-corrected chi connectivity index (χ3v) is 6.34. The Morgan fingerprint density at radius 3 is 2.81 bits per heavy atom. The Morgan fingerprint density at radius 2 is 2.03 bits per heavy atom. The van der Waals surface area contributed by atoms with Crippen LogP contribution in [0.25, 0.3) is 5.65 Å². The Kier molecular flexibility index (Phi) is 5.70. The first-order valence-corrected chi connectivity index (χ1v) is 12.3. The number of aromatic nitrogens is 3. The molecule has 0 unspecified atom stereocenters. The van der Waals surface area contributed by atoms with E-state index in [9.17, 15) is 13.2 Å². The van der Waals surface area contributed by atoms with Gasteiger partial charge in [0.25, 0.3) is 11.8 Å². The van der Waals surface area contributed by atoms with Crippen LogP contribution in [0.5, 0.6) is 5.88 Å². The number of nitrogens with zero attached hydrogens (tertiary/aromatic N) is 4. The SMILES string of the molecule is Cc1cn2ccnc(O[C@@H]3CC[C@@H](C)N(C(=O)c4ccccc4CS(C)(=O)=O)C3)c2n1. The third kappa shape index (κ3) is 4.71. The van der Waals surface area contributed by atoms with E-state index in [4.69, 9.17) is 4.74 Å². The fraction of sp³-hybridized carbons (Fsp3) is 0.409. The molecular weight excluding hydrogens is 416 g/mol. The highest BCUT2D eigenvalue weighted by molar-refractivity contribution is 7.89. The second-order valence-corrected chi connectivity index (χ2v) is 10.3. The molecule has 31 heavy (non-hydrogen) atoms. The summed E-state index contributed by atoms with van der Waals surface area (Å²) in [4.78, 5) is 24.0. The number of hydrogen-bond acceptors (Lipinski definition) is 6. The summed E-state index contributed by atoms with van der Waals surface area (Å²) in [7, 11) is -3.26. The van der Waals surface area contributed by atoms with Gasteiger partial charge in [0.1, 0.15) is 6.10 Å². The third-order valence-electron chi connectivity index (χ3n) is 5.51. The lowest BCUT2D eigenvalue weighted by molar-refractivity contribution is 0.0375. The first kappa shape index (κ1) is 21.3. The van der Waals surface area contributed by atoms with Crippen molar-refractivity contribution in [2.24, 2.45) is 0 Å². The largest absolute Gasteiger partial charge is 0.470 e. The fourth-order valence-electron chi connectivity index (χ4n) is 4.00. The molecule has 0 N–H and O–H groups in total. The molecule has 0 spiro atoms. The summed E-state index contributed by atoms with van der Waals surface area (Å²) in [6.07, 6.45) is 7.91. The van der Waals surface area contributed by atoms with Gasteiger partial charge in [-0.2, -0.15) is 0 Å².